The van der Waals surface area contributed by atoms with Crippen LogP contribution in [0.5, 0.6) is 0 Å². The molecule has 19 heavy (non-hydrogen) atoms. The largest absolute Gasteiger partial charge is 0.315 e. The average molecular weight is 293 g/mol. The first-order valence-electron chi connectivity index (χ1n) is 6.64. The zero-order valence-electron chi connectivity index (χ0n) is 10.9. The number of rotatable bonds is 5. The van der Waals surface area contributed by atoms with Gasteiger partial charge >= 0.3 is 0 Å². The smallest absolute Gasteiger partial charge is 0.0975 e. The Balaban J connectivity index is 1.80. The Hall–Kier alpha value is -0.900. The molecule has 0 radical (unpaired) electrons. The number of halogens is 1. The minimum atomic E-state index is 0.721. The molecule has 0 atom stereocenters. The Kier molecular flexibility index (Phi) is 3.87. The number of hydrogen-bond donors (Lipinski definition) is 1. The molecule has 4 heteroatoms. The summed E-state index contributed by atoms with van der Waals surface area (Å²) < 4.78 is 0. The van der Waals surface area contributed by atoms with Crippen molar-refractivity contribution in [2.45, 2.75) is 31.7 Å². The van der Waals surface area contributed by atoms with E-state index >= 15 is 0 Å². The van der Waals surface area contributed by atoms with Gasteiger partial charge < -0.3 is 5.32 Å². The van der Waals surface area contributed by atoms with E-state index in [1.54, 1.807) is 0 Å². The number of nitrogens with one attached hydrogen (secondary N) is 1. The van der Waals surface area contributed by atoms with Gasteiger partial charge in [0.15, 0.2) is 0 Å². The van der Waals surface area contributed by atoms with Crippen LogP contribution in [0.25, 0.3) is 0 Å². The summed E-state index contributed by atoms with van der Waals surface area (Å²) in [6.45, 7) is 0.935. The molecule has 1 fully saturated rings. The van der Waals surface area contributed by atoms with E-state index < -0.39 is 0 Å². The molecule has 1 aromatic carbocycles. The fourth-order valence-electron chi connectivity index (χ4n) is 2.23. The van der Waals surface area contributed by atoms with Crippen molar-refractivity contribution in [3.05, 3.63) is 50.4 Å². The van der Waals surface area contributed by atoms with Gasteiger partial charge in [-0.25, -0.2) is 4.98 Å². The Labute approximate surface area is 122 Å². The lowest BCUT2D eigenvalue weighted by Crippen LogP contribution is -2.05. The van der Waals surface area contributed by atoms with Crippen molar-refractivity contribution >= 4 is 22.9 Å². The lowest BCUT2D eigenvalue weighted by molar-refractivity contribution is 0.812. The van der Waals surface area contributed by atoms with Crippen molar-refractivity contribution in [2.24, 2.45) is 0 Å². The molecule has 0 spiro atoms. The van der Waals surface area contributed by atoms with Gasteiger partial charge in [-0.1, -0.05) is 23.7 Å². The van der Waals surface area contributed by atoms with E-state index in [1.165, 1.54) is 34.0 Å². The van der Waals surface area contributed by atoms with Gasteiger partial charge in [0, 0.05) is 28.8 Å². The van der Waals surface area contributed by atoms with Crippen molar-refractivity contribution in [3.63, 3.8) is 0 Å². The third kappa shape index (κ3) is 3.16. The van der Waals surface area contributed by atoms with E-state index in [9.17, 15) is 0 Å². The molecule has 0 unspecified atom stereocenters. The fourth-order valence-corrected chi connectivity index (χ4v) is 3.56. The van der Waals surface area contributed by atoms with E-state index in [2.05, 4.69) is 17.4 Å². The van der Waals surface area contributed by atoms with Crippen LogP contribution in [0.2, 0.25) is 5.02 Å². The summed E-state index contributed by atoms with van der Waals surface area (Å²) in [5.74, 6) is 0.721. The predicted molar refractivity (Wildman–Crippen MR) is 81.1 cm³/mol. The number of benzene rings is 1. The normalized spacial score (nSPS) is 14.8. The van der Waals surface area contributed by atoms with Crippen LogP contribution in [-0.2, 0) is 13.0 Å². The third-order valence-corrected chi connectivity index (χ3v) is 4.66. The summed E-state index contributed by atoms with van der Waals surface area (Å²) in [4.78, 5) is 6.27. The van der Waals surface area contributed by atoms with Crippen LogP contribution >= 0.6 is 22.9 Å². The maximum atomic E-state index is 5.91. The molecule has 0 aliphatic heterocycles. The Morgan fingerprint density at radius 2 is 2.05 bits per heavy atom. The summed E-state index contributed by atoms with van der Waals surface area (Å²) in [5.41, 5.74) is 2.61. The molecule has 0 saturated heterocycles. The maximum Gasteiger partial charge on any atom is 0.0975 e. The zero-order valence-corrected chi connectivity index (χ0v) is 12.5. The number of thiazole rings is 1. The number of nitrogens with zero attached hydrogens (tertiary/aromatic N) is 1. The summed E-state index contributed by atoms with van der Waals surface area (Å²) >= 11 is 7.76. The van der Waals surface area contributed by atoms with Crippen LogP contribution in [0, 0.1) is 0 Å². The quantitative estimate of drug-likeness (QED) is 0.901. The lowest BCUT2D eigenvalue weighted by Gasteiger charge is -1.97. The first kappa shape index (κ1) is 13.1. The first-order valence-corrected chi connectivity index (χ1v) is 7.83. The average Bonchev–Trinajstić information content (AvgIpc) is 3.17. The molecule has 1 N–H and O–H groups in total. The minimum absolute atomic E-state index is 0.721. The molecule has 2 aromatic rings. The second-order valence-corrected chi connectivity index (χ2v) is 6.63. The number of hydrogen-bond acceptors (Lipinski definition) is 3. The highest BCUT2D eigenvalue weighted by Crippen LogP contribution is 2.42. The standard InChI is InChI=1S/C15H17ClN2S/c1-17-9-13-15(11-4-5-11)18-14(19-13)8-10-2-6-12(16)7-3-10/h2-3,6-7,11,17H,4-5,8-9H2,1H3. The van der Waals surface area contributed by atoms with Crippen LogP contribution in [0.15, 0.2) is 24.3 Å². The van der Waals surface area contributed by atoms with Gasteiger partial charge in [0.25, 0.3) is 0 Å². The highest BCUT2D eigenvalue weighted by atomic mass is 35.5. The second kappa shape index (κ2) is 5.61. The molecule has 0 amide bonds. The highest BCUT2D eigenvalue weighted by Gasteiger charge is 2.29. The SMILES string of the molecule is CNCc1sc(Cc2ccc(Cl)cc2)nc1C1CC1. The second-order valence-electron chi connectivity index (χ2n) is 5.02. The summed E-state index contributed by atoms with van der Waals surface area (Å²) in [6, 6.07) is 8.05. The molecule has 1 heterocycles. The summed E-state index contributed by atoms with van der Waals surface area (Å²) in [7, 11) is 2.00. The Morgan fingerprint density at radius 3 is 2.68 bits per heavy atom. The van der Waals surface area contributed by atoms with Gasteiger partial charge in [0.1, 0.15) is 0 Å². The lowest BCUT2D eigenvalue weighted by atomic mass is 10.1. The molecule has 1 aliphatic carbocycles. The topological polar surface area (TPSA) is 24.9 Å². The van der Waals surface area contributed by atoms with E-state index in [0.717, 1.165) is 23.9 Å². The van der Waals surface area contributed by atoms with Crippen LogP contribution in [-0.4, -0.2) is 12.0 Å². The Morgan fingerprint density at radius 1 is 1.32 bits per heavy atom. The van der Waals surface area contributed by atoms with Gasteiger partial charge in [-0.05, 0) is 37.6 Å². The highest BCUT2D eigenvalue weighted by molar-refractivity contribution is 7.11. The van der Waals surface area contributed by atoms with Crippen molar-refractivity contribution in [1.29, 1.82) is 0 Å². The maximum absolute atomic E-state index is 5.91. The van der Waals surface area contributed by atoms with Crippen LogP contribution in [0.1, 0.15) is 39.9 Å². The van der Waals surface area contributed by atoms with Crippen molar-refractivity contribution in [3.8, 4) is 0 Å². The van der Waals surface area contributed by atoms with E-state index in [0.29, 0.717) is 0 Å². The van der Waals surface area contributed by atoms with Crippen LogP contribution in [0.3, 0.4) is 0 Å². The minimum Gasteiger partial charge on any atom is -0.315 e. The predicted octanol–water partition coefficient (Wildman–Crippen LogP) is 3.98. The summed E-state index contributed by atoms with van der Waals surface area (Å²) in [5, 5.41) is 5.25. The van der Waals surface area contributed by atoms with Gasteiger partial charge in [0.05, 0.1) is 10.7 Å². The van der Waals surface area contributed by atoms with Gasteiger partial charge in [0.2, 0.25) is 0 Å². The zero-order chi connectivity index (χ0) is 13.2. The number of aromatic nitrogens is 1. The Bertz CT molecular complexity index is 558. The van der Waals surface area contributed by atoms with Gasteiger partial charge in [-0.3, -0.25) is 0 Å². The van der Waals surface area contributed by atoms with Crippen molar-refractivity contribution in [1.82, 2.24) is 10.3 Å². The molecule has 3 rings (SSSR count). The molecule has 0 bridgehead atoms. The summed E-state index contributed by atoms with van der Waals surface area (Å²) in [6.07, 6.45) is 3.52. The molecule has 2 nitrogen and oxygen atoms in total. The van der Waals surface area contributed by atoms with Crippen LogP contribution < -0.4 is 5.32 Å². The third-order valence-electron chi connectivity index (χ3n) is 3.34. The molecule has 1 aliphatic rings. The van der Waals surface area contributed by atoms with E-state index in [-0.39, 0.29) is 0 Å². The van der Waals surface area contributed by atoms with Crippen molar-refractivity contribution in [2.75, 3.05) is 7.05 Å². The fraction of sp³-hybridized carbons (Fsp3) is 0.400. The van der Waals surface area contributed by atoms with Gasteiger partial charge in [-0.15, -0.1) is 11.3 Å². The monoisotopic (exact) mass is 292 g/mol. The molecular weight excluding hydrogens is 276 g/mol. The molecule has 100 valence electrons. The van der Waals surface area contributed by atoms with Crippen LogP contribution in [0.4, 0.5) is 0 Å². The first-order chi connectivity index (χ1) is 9.26. The molecule has 1 saturated carbocycles. The molecule has 1 aromatic heterocycles. The molecular formula is C15H17ClN2S. The van der Waals surface area contributed by atoms with Gasteiger partial charge in [-0.2, -0.15) is 0 Å². The van der Waals surface area contributed by atoms with E-state index in [4.69, 9.17) is 16.6 Å². The van der Waals surface area contributed by atoms with E-state index in [1.807, 2.05) is 30.5 Å². The van der Waals surface area contributed by atoms with Crippen molar-refractivity contribution < 1.29 is 0 Å².